The summed E-state index contributed by atoms with van der Waals surface area (Å²) >= 11 is 0. The van der Waals surface area contributed by atoms with E-state index in [-0.39, 0.29) is 12.0 Å². The van der Waals surface area contributed by atoms with Crippen LogP contribution in [-0.4, -0.2) is 47.1 Å². The molecule has 1 unspecified atom stereocenters. The van der Waals surface area contributed by atoms with E-state index in [0.29, 0.717) is 13.2 Å². The molecule has 1 N–H and O–H groups in total. The Morgan fingerprint density at radius 1 is 1.55 bits per heavy atom. The van der Waals surface area contributed by atoms with Gasteiger partial charge in [0, 0.05) is 18.8 Å². The summed E-state index contributed by atoms with van der Waals surface area (Å²) < 4.78 is 5.13. The summed E-state index contributed by atoms with van der Waals surface area (Å²) in [6, 6.07) is 1.74. The van der Waals surface area contributed by atoms with Crippen molar-refractivity contribution in [3.63, 3.8) is 0 Å². The van der Waals surface area contributed by atoms with Crippen LogP contribution in [0.1, 0.15) is 31.3 Å². The Hall–Kier alpha value is -1.69. The van der Waals surface area contributed by atoms with Crippen LogP contribution in [0.5, 0.6) is 0 Å². The van der Waals surface area contributed by atoms with Gasteiger partial charge < -0.3 is 10.1 Å². The molecule has 0 bridgehead atoms. The summed E-state index contributed by atoms with van der Waals surface area (Å²) in [5.41, 5.74) is 0.922. The first-order valence-electron chi connectivity index (χ1n) is 7.07. The van der Waals surface area contributed by atoms with E-state index in [1.54, 1.807) is 0 Å². The second kappa shape index (κ2) is 6.65. The Labute approximate surface area is 119 Å². The van der Waals surface area contributed by atoms with Crippen molar-refractivity contribution in [3.05, 3.63) is 17.6 Å². The van der Waals surface area contributed by atoms with Gasteiger partial charge in [0.1, 0.15) is 17.7 Å². The highest BCUT2D eigenvalue weighted by Gasteiger charge is 2.32. The summed E-state index contributed by atoms with van der Waals surface area (Å²) in [5, 5.41) is 3.03. The van der Waals surface area contributed by atoms with Gasteiger partial charge in [0.2, 0.25) is 0 Å². The monoisotopic (exact) mass is 278 g/mol. The molecule has 2 rings (SSSR count). The molecule has 1 aliphatic heterocycles. The van der Waals surface area contributed by atoms with Gasteiger partial charge in [-0.2, -0.15) is 0 Å². The number of hydrogen-bond donors (Lipinski definition) is 1. The maximum absolute atomic E-state index is 11.9. The molecule has 0 radical (unpaired) electrons. The molecule has 1 fully saturated rings. The van der Waals surface area contributed by atoms with Crippen LogP contribution in [0.3, 0.4) is 0 Å². The van der Waals surface area contributed by atoms with E-state index >= 15 is 0 Å². The van der Waals surface area contributed by atoms with E-state index in [1.165, 1.54) is 0 Å². The predicted molar refractivity (Wildman–Crippen MR) is 76.4 cm³/mol. The number of aromatic nitrogens is 2. The zero-order valence-electron chi connectivity index (χ0n) is 12.3. The summed E-state index contributed by atoms with van der Waals surface area (Å²) in [4.78, 5) is 22.9. The van der Waals surface area contributed by atoms with E-state index in [0.717, 1.165) is 36.7 Å². The molecular formula is C14H22N4O2. The van der Waals surface area contributed by atoms with Crippen molar-refractivity contribution in [2.45, 2.75) is 39.3 Å². The van der Waals surface area contributed by atoms with Crippen LogP contribution >= 0.6 is 0 Å². The third-order valence-corrected chi connectivity index (χ3v) is 3.42. The molecule has 1 aromatic heterocycles. The first kappa shape index (κ1) is 14.7. The molecule has 6 heteroatoms. The van der Waals surface area contributed by atoms with Gasteiger partial charge in [-0.1, -0.05) is 0 Å². The topological polar surface area (TPSA) is 67.3 Å². The summed E-state index contributed by atoms with van der Waals surface area (Å²) in [7, 11) is 1.84. The van der Waals surface area contributed by atoms with Crippen LogP contribution in [0.2, 0.25) is 0 Å². The average molecular weight is 278 g/mol. The number of carbonyl (C=O) groups excluding carboxylic acids is 1. The molecule has 1 aliphatic rings. The quantitative estimate of drug-likeness (QED) is 0.820. The van der Waals surface area contributed by atoms with Gasteiger partial charge in [0.15, 0.2) is 0 Å². The van der Waals surface area contributed by atoms with E-state index in [9.17, 15) is 4.79 Å². The fraction of sp³-hybridized carbons (Fsp3) is 0.643. The van der Waals surface area contributed by atoms with Gasteiger partial charge in [-0.25, -0.2) is 9.97 Å². The van der Waals surface area contributed by atoms with Crippen molar-refractivity contribution in [1.29, 1.82) is 0 Å². The lowest BCUT2D eigenvalue weighted by molar-refractivity contribution is -0.148. The van der Waals surface area contributed by atoms with Gasteiger partial charge >= 0.3 is 5.97 Å². The van der Waals surface area contributed by atoms with Gasteiger partial charge in [-0.05, 0) is 33.2 Å². The molecule has 0 spiro atoms. The third kappa shape index (κ3) is 3.45. The van der Waals surface area contributed by atoms with Gasteiger partial charge in [-0.3, -0.25) is 9.69 Å². The number of carbonyl (C=O) groups is 1. The third-order valence-electron chi connectivity index (χ3n) is 3.42. The van der Waals surface area contributed by atoms with Crippen LogP contribution in [0.15, 0.2) is 6.07 Å². The molecular weight excluding hydrogens is 256 g/mol. The Balaban J connectivity index is 2.08. The minimum atomic E-state index is -0.155. The Morgan fingerprint density at radius 3 is 3.05 bits per heavy atom. The fourth-order valence-corrected chi connectivity index (χ4v) is 2.53. The van der Waals surface area contributed by atoms with Crippen LogP contribution < -0.4 is 5.32 Å². The van der Waals surface area contributed by atoms with Crippen molar-refractivity contribution >= 4 is 11.8 Å². The van der Waals surface area contributed by atoms with Gasteiger partial charge in [-0.15, -0.1) is 0 Å². The molecule has 6 nitrogen and oxygen atoms in total. The molecule has 0 aromatic carbocycles. The minimum absolute atomic E-state index is 0.133. The maximum Gasteiger partial charge on any atom is 0.323 e. The molecule has 1 atom stereocenters. The molecule has 0 saturated carbocycles. The number of anilines is 1. The molecule has 110 valence electrons. The SMILES string of the molecule is CCOC(=O)C1CCCN1Cc1nc(C)cc(NC)n1. The first-order valence-corrected chi connectivity index (χ1v) is 7.07. The predicted octanol–water partition coefficient (Wildman–Crippen LogP) is 1.35. The maximum atomic E-state index is 11.9. The summed E-state index contributed by atoms with van der Waals surface area (Å²) in [5.74, 6) is 1.41. The Morgan fingerprint density at radius 2 is 2.35 bits per heavy atom. The van der Waals surface area contributed by atoms with Crippen molar-refractivity contribution in [2.75, 3.05) is 25.5 Å². The van der Waals surface area contributed by atoms with Crippen LogP contribution in [0.4, 0.5) is 5.82 Å². The van der Waals surface area contributed by atoms with Crippen molar-refractivity contribution in [3.8, 4) is 0 Å². The molecule has 1 saturated heterocycles. The second-order valence-electron chi connectivity index (χ2n) is 4.94. The number of aryl methyl sites for hydroxylation is 1. The number of hydrogen-bond acceptors (Lipinski definition) is 6. The lowest BCUT2D eigenvalue weighted by atomic mass is 10.2. The van der Waals surface area contributed by atoms with Crippen LogP contribution in [0, 0.1) is 6.92 Å². The Kier molecular flexibility index (Phi) is 4.89. The minimum Gasteiger partial charge on any atom is -0.465 e. The van der Waals surface area contributed by atoms with E-state index in [4.69, 9.17) is 4.74 Å². The highest BCUT2D eigenvalue weighted by Crippen LogP contribution is 2.20. The molecule has 2 heterocycles. The zero-order valence-corrected chi connectivity index (χ0v) is 12.3. The highest BCUT2D eigenvalue weighted by molar-refractivity contribution is 5.76. The molecule has 20 heavy (non-hydrogen) atoms. The van der Waals surface area contributed by atoms with E-state index in [1.807, 2.05) is 27.0 Å². The summed E-state index contributed by atoms with van der Waals surface area (Å²) in [6.07, 6.45) is 1.86. The zero-order chi connectivity index (χ0) is 14.5. The fourth-order valence-electron chi connectivity index (χ4n) is 2.53. The standard InChI is InChI=1S/C14H22N4O2/c1-4-20-14(19)11-6-5-7-18(11)9-13-16-10(2)8-12(15-3)17-13/h8,11H,4-7,9H2,1-3H3,(H,15,16,17). The van der Waals surface area contributed by atoms with Crippen molar-refractivity contribution in [2.24, 2.45) is 0 Å². The molecule has 0 amide bonds. The van der Waals surface area contributed by atoms with Crippen molar-refractivity contribution < 1.29 is 9.53 Å². The number of rotatable bonds is 5. The van der Waals surface area contributed by atoms with Crippen molar-refractivity contribution in [1.82, 2.24) is 14.9 Å². The highest BCUT2D eigenvalue weighted by atomic mass is 16.5. The average Bonchev–Trinajstić information content (AvgIpc) is 2.86. The van der Waals surface area contributed by atoms with Gasteiger partial charge in [0.05, 0.1) is 13.2 Å². The van der Waals surface area contributed by atoms with Gasteiger partial charge in [0.25, 0.3) is 0 Å². The molecule has 0 aliphatic carbocycles. The number of nitrogens with zero attached hydrogens (tertiary/aromatic N) is 3. The van der Waals surface area contributed by atoms with E-state index < -0.39 is 0 Å². The first-order chi connectivity index (χ1) is 9.63. The number of likely N-dealkylation sites (tertiary alicyclic amines) is 1. The normalized spacial score (nSPS) is 19.1. The van der Waals surface area contributed by atoms with Crippen LogP contribution in [-0.2, 0) is 16.1 Å². The Bertz CT molecular complexity index is 478. The summed E-state index contributed by atoms with van der Waals surface area (Å²) in [6.45, 7) is 5.67. The molecule has 1 aromatic rings. The second-order valence-corrected chi connectivity index (χ2v) is 4.94. The lowest BCUT2D eigenvalue weighted by Crippen LogP contribution is -2.37. The lowest BCUT2D eigenvalue weighted by Gasteiger charge is -2.22. The number of nitrogens with one attached hydrogen (secondary N) is 1. The smallest absolute Gasteiger partial charge is 0.323 e. The van der Waals surface area contributed by atoms with E-state index in [2.05, 4.69) is 20.2 Å². The number of ether oxygens (including phenoxy) is 1. The van der Waals surface area contributed by atoms with Crippen LogP contribution in [0.25, 0.3) is 0 Å². The largest absolute Gasteiger partial charge is 0.465 e. The number of esters is 1.